The Kier molecular flexibility index (Phi) is 27.8. The van der Waals surface area contributed by atoms with Crippen molar-refractivity contribution in [3.05, 3.63) is 0 Å². The topological polar surface area (TPSA) is 239 Å². The molecule has 17 heteroatoms. The summed E-state index contributed by atoms with van der Waals surface area (Å²) >= 11 is 0. The van der Waals surface area contributed by atoms with Crippen LogP contribution in [0.3, 0.4) is 0 Å². The van der Waals surface area contributed by atoms with Crippen LogP contribution >= 0.6 is 23.5 Å². The van der Waals surface area contributed by atoms with E-state index in [0.717, 1.165) is 0 Å². The molecule has 0 atom stereocenters. The molecule has 0 aliphatic heterocycles. The average Bonchev–Trinajstić information content (AvgIpc) is 1.41. The smallest absolute Gasteiger partial charge is 0.756 e. The van der Waals surface area contributed by atoms with Crippen LogP contribution in [0, 0.1) is 0 Å². The number of hydrogen-bond acceptors (Lipinski definition) is 5. The Labute approximate surface area is 180 Å². The standard InChI is InChI=1S/2K.3H3O4P/c;;3*1-5(2,3)4/h;;3*(H3,1,2,3,4)/q2*+1;;;/p-2. The van der Waals surface area contributed by atoms with Gasteiger partial charge in [-0.1, -0.05) is 0 Å². The summed E-state index contributed by atoms with van der Waals surface area (Å²) in [5, 5.41) is 0. The molecule has 0 heterocycles. The van der Waals surface area contributed by atoms with Gasteiger partial charge in [0.05, 0.1) is 0 Å². The van der Waals surface area contributed by atoms with E-state index < -0.39 is 23.5 Å². The van der Waals surface area contributed by atoms with Gasteiger partial charge in [-0.15, -0.1) is 0 Å². The van der Waals surface area contributed by atoms with Crippen molar-refractivity contribution in [1.82, 2.24) is 0 Å². The summed E-state index contributed by atoms with van der Waals surface area (Å²) in [7, 11) is -14.4. The fraction of sp³-hybridized carbons (Fsp3) is 0. The van der Waals surface area contributed by atoms with Crippen LogP contribution in [0.25, 0.3) is 0 Å². The van der Waals surface area contributed by atoms with E-state index in [2.05, 4.69) is 0 Å². The first-order chi connectivity index (χ1) is 6.00. The largest absolute Gasteiger partial charge is 1.00 e. The maximum absolute atomic E-state index is 8.88. The van der Waals surface area contributed by atoms with Crippen molar-refractivity contribution in [2.24, 2.45) is 0 Å². The van der Waals surface area contributed by atoms with Gasteiger partial charge in [0.1, 0.15) is 0 Å². The minimum atomic E-state index is -4.89. The molecule has 0 saturated carbocycles. The molecular formula is H7K2O12P3. The first kappa shape index (κ1) is 32.5. The van der Waals surface area contributed by atoms with E-state index in [4.69, 9.17) is 57.7 Å². The van der Waals surface area contributed by atoms with Gasteiger partial charge in [-0.05, 0) is 0 Å². The van der Waals surface area contributed by atoms with Crippen LogP contribution in [0.1, 0.15) is 0 Å². The van der Waals surface area contributed by atoms with Crippen molar-refractivity contribution in [3.8, 4) is 0 Å². The first-order valence-corrected chi connectivity index (χ1v) is 6.94. The van der Waals surface area contributed by atoms with E-state index in [-0.39, 0.29) is 103 Å². The molecule has 0 fully saturated rings. The number of rotatable bonds is 0. The summed E-state index contributed by atoms with van der Waals surface area (Å²) in [4.78, 5) is 67.4. The minimum Gasteiger partial charge on any atom is -0.756 e. The van der Waals surface area contributed by atoms with E-state index in [1.54, 1.807) is 0 Å². The van der Waals surface area contributed by atoms with E-state index in [0.29, 0.717) is 0 Å². The van der Waals surface area contributed by atoms with Crippen LogP contribution in [0.2, 0.25) is 0 Å². The third-order valence-electron chi connectivity index (χ3n) is 0. The molecule has 7 N–H and O–H groups in total. The second-order valence-corrected chi connectivity index (χ2v) is 4.48. The van der Waals surface area contributed by atoms with Crippen molar-refractivity contribution in [2.75, 3.05) is 0 Å². The minimum absolute atomic E-state index is 0. The van der Waals surface area contributed by atoms with Gasteiger partial charge in [0, 0.05) is 0 Å². The second-order valence-electron chi connectivity index (χ2n) is 1.49. The van der Waals surface area contributed by atoms with E-state index in [1.807, 2.05) is 0 Å². The Morgan fingerprint density at radius 2 is 0.588 bits per heavy atom. The molecular weight excluding hydrogens is 363 g/mol. The number of hydrogen-bond donors (Lipinski definition) is 7. The van der Waals surface area contributed by atoms with E-state index in [9.17, 15) is 0 Å². The Bertz CT molecular complexity index is 206. The summed E-state index contributed by atoms with van der Waals surface area (Å²) in [6.45, 7) is 0. The first-order valence-electron chi connectivity index (χ1n) is 2.31. The molecule has 0 rings (SSSR count). The molecule has 0 aromatic heterocycles. The molecule has 0 saturated heterocycles. The van der Waals surface area contributed by atoms with Crippen LogP contribution in [-0.4, -0.2) is 34.3 Å². The Morgan fingerprint density at radius 1 is 0.588 bits per heavy atom. The SMILES string of the molecule is O=P(O)(O)O.O=P([O-])(O)O.O=P([O-])(O)O.[K+].[K+]. The maximum atomic E-state index is 8.88. The Morgan fingerprint density at radius 3 is 0.588 bits per heavy atom. The van der Waals surface area contributed by atoms with Crippen LogP contribution < -0.4 is 113 Å². The quantitative estimate of drug-likeness (QED) is 0.155. The fourth-order valence-electron chi connectivity index (χ4n) is 0. The van der Waals surface area contributed by atoms with Gasteiger partial charge in [0.15, 0.2) is 0 Å². The van der Waals surface area contributed by atoms with E-state index in [1.165, 1.54) is 0 Å². The maximum Gasteiger partial charge on any atom is 1.00 e. The fourth-order valence-corrected chi connectivity index (χ4v) is 0. The molecule has 0 spiro atoms. The average molecular weight is 370 g/mol. The van der Waals surface area contributed by atoms with Gasteiger partial charge in [-0.3, -0.25) is 9.13 Å². The van der Waals surface area contributed by atoms with Gasteiger partial charge in [0.25, 0.3) is 15.6 Å². The molecule has 0 aliphatic rings. The van der Waals surface area contributed by atoms with Crippen LogP contribution in [0.4, 0.5) is 0 Å². The molecule has 0 aromatic rings. The van der Waals surface area contributed by atoms with Crippen molar-refractivity contribution >= 4 is 23.5 Å². The third kappa shape index (κ3) is 468. The summed E-state index contributed by atoms with van der Waals surface area (Å²) in [6.07, 6.45) is 0. The monoisotopic (exact) mass is 370 g/mol. The van der Waals surface area contributed by atoms with Gasteiger partial charge in [-0.2, -0.15) is 0 Å². The van der Waals surface area contributed by atoms with Crippen molar-refractivity contribution < 1.29 is 161 Å². The predicted octanol–water partition coefficient (Wildman–Crippen LogP) is -10.0. The normalized spacial score (nSPS) is 10.4. The zero-order valence-corrected chi connectivity index (χ0v) is 17.4. The number of phosphoric acid groups is 3. The Balaban J connectivity index is -0.0000000400. The van der Waals surface area contributed by atoms with Crippen molar-refractivity contribution in [1.29, 1.82) is 0 Å². The summed E-state index contributed by atoms with van der Waals surface area (Å²) in [6, 6.07) is 0. The molecule has 0 radical (unpaired) electrons. The molecule has 0 aliphatic carbocycles. The molecule has 0 bridgehead atoms. The zero-order chi connectivity index (χ0) is 13.5. The van der Waals surface area contributed by atoms with Gasteiger partial charge < -0.3 is 44.0 Å². The molecule has 0 aromatic carbocycles. The molecule has 96 valence electrons. The van der Waals surface area contributed by atoms with Crippen molar-refractivity contribution in [2.45, 2.75) is 0 Å². The molecule has 12 nitrogen and oxygen atoms in total. The summed E-state index contributed by atoms with van der Waals surface area (Å²) < 4.78 is 26.4. The van der Waals surface area contributed by atoms with Gasteiger partial charge in [0.2, 0.25) is 0 Å². The van der Waals surface area contributed by atoms with Crippen LogP contribution in [0.15, 0.2) is 0 Å². The summed E-state index contributed by atoms with van der Waals surface area (Å²) in [5.74, 6) is 0. The Hall–Kier alpha value is 3.60. The van der Waals surface area contributed by atoms with E-state index >= 15 is 0 Å². The van der Waals surface area contributed by atoms with Crippen molar-refractivity contribution in [3.63, 3.8) is 0 Å². The van der Waals surface area contributed by atoms with Gasteiger partial charge in [-0.25, -0.2) is 4.57 Å². The molecule has 17 heavy (non-hydrogen) atoms. The van der Waals surface area contributed by atoms with Gasteiger partial charge >= 0.3 is 111 Å². The third-order valence-corrected chi connectivity index (χ3v) is 0. The molecule has 0 unspecified atom stereocenters. The predicted molar refractivity (Wildman–Crippen MR) is 38.4 cm³/mol. The van der Waals surface area contributed by atoms with Crippen LogP contribution in [-0.2, 0) is 13.7 Å². The second kappa shape index (κ2) is 14.5. The zero-order valence-electron chi connectivity index (χ0n) is 8.51. The van der Waals surface area contributed by atoms with Crippen LogP contribution in [0.5, 0.6) is 0 Å². The molecule has 0 amide bonds. The summed E-state index contributed by atoms with van der Waals surface area (Å²) in [5.41, 5.74) is 0.